The molecule has 0 aliphatic heterocycles. The quantitative estimate of drug-likeness (QED) is 0.469. The van der Waals surface area contributed by atoms with Crippen LogP contribution >= 0.6 is 34.8 Å². The highest BCUT2D eigenvalue weighted by Gasteiger charge is 2.40. The maximum absolute atomic E-state index is 13.0. The van der Waals surface area contributed by atoms with Gasteiger partial charge in [-0.2, -0.15) is 0 Å². The summed E-state index contributed by atoms with van der Waals surface area (Å²) in [5.74, 6) is 1.99. The van der Waals surface area contributed by atoms with Crippen LogP contribution in [-0.4, -0.2) is 21.5 Å². The number of carbonyl (C=O) groups excluding carboxylic acids is 1. The molecule has 2 fully saturated rings. The van der Waals surface area contributed by atoms with Crippen LogP contribution in [-0.2, 0) is 6.42 Å². The fourth-order valence-corrected chi connectivity index (χ4v) is 5.58. The number of hydrogen-bond acceptors (Lipinski definition) is 2. The molecule has 0 spiro atoms. The third-order valence-electron chi connectivity index (χ3n) is 6.53. The second-order valence-electron chi connectivity index (χ2n) is 8.56. The highest BCUT2D eigenvalue weighted by Crippen LogP contribution is 2.44. The van der Waals surface area contributed by atoms with Gasteiger partial charge in [0.2, 0.25) is 0 Å². The maximum atomic E-state index is 13.0. The van der Waals surface area contributed by atoms with Gasteiger partial charge in [0.25, 0.3) is 5.91 Å². The molecule has 7 heteroatoms. The van der Waals surface area contributed by atoms with E-state index in [4.69, 9.17) is 39.8 Å². The van der Waals surface area contributed by atoms with Gasteiger partial charge >= 0.3 is 0 Å². The summed E-state index contributed by atoms with van der Waals surface area (Å²) >= 11 is 18.5. The topological polar surface area (TPSA) is 46.9 Å². The number of nitrogens with one attached hydrogen (secondary N) is 1. The van der Waals surface area contributed by atoms with Crippen molar-refractivity contribution in [1.82, 2.24) is 14.9 Å². The summed E-state index contributed by atoms with van der Waals surface area (Å²) in [5, 5.41) is 5.04. The van der Waals surface area contributed by atoms with Gasteiger partial charge in [0.05, 0.1) is 0 Å². The maximum Gasteiger partial charge on any atom is 0.271 e. The number of hydrogen-bond donors (Lipinski definition) is 1. The number of carbonyl (C=O) groups is 1. The predicted molar refractivity (Wildman–Crippen MR) is 125 cm³/mol. The Morgan fingerprint density at radius 3 is 2.48 bits per heavy atom. The zero-order valence-corrected chi connectivity index (χ0v) is 19.1. The highest BCUT2D eigenvalue weighted by molar-refractivity contribution is 6.35. The lowest BCUT2D eigenvalue weighted by molar-refractivity contribution is 0.0918. The van der Waals surface area contributed by atoms with Crippen molar-refractivity contribution >= 4 is 40.7 Å². The van der Waals surface area contributed by atoms with Crippen molar-refractivity contribution in [2.45, 2.75) is 38.1 Å². The first-order valence-electron chi connectivity index (χ1n) is 10.6. The summed E-state index contributed by atoms with van der Waals surface area (Å²) in [7, 11) is 0. The number of halogens is 3. The lowest BCUT2D eigenvalue weighted by Gasteiger charge is -2.22. The summed E-state index contributed by atoms with van der Waals surface area (Å²) < 4.78 is 1.93. The second-order valence-corrected chi connectivity index (χ2v) is 9.84. The number of aromatic nitrogens is 2. The van der Waals surface area contributed by atoms with Gasteiger partial charge in [-0.1, -0.05) is 47.3 Å². The van der Waals surface area contributed by atoms with Gasteiger partial charge in [-0.3, -0.25) is 4.79 Å². The number of amides is 1. The minimum Gasteiger partial charge on any atom is -0.348 e. The molecule has 2 aliphatic carbocycles. The summed E-state index contributed by atoms with van der Waals surface area (Å²) in [6.45, 7) is 0. The third kappa shape index (κ3) is 4.34. The Morgan fingerprint density at radius 2 is 1.81 bits per heavy atom. The van der Waals surface area contributed by atoms with Crippen LogP contribution in [0.4, 0.5) is 0 Å². The molecule has 1 amide bonds. The molecule has 1 heterocycles. The van der Waals surface area contributed by atoms with Crippen LogP contribution in [0, 0.1) is 11.8 Å². The monoisotopic (exact) mass is 473 g/mol. The number of imidazole rings is 1. The third-order valence-corrected chi connectivity index (χ3v) is 7.37. The van der Waals surface area contributed by atoms with Crippen molar-refractivity contribution in [1.29, 1.82) is 0 Å². The number of fused-ring (bicyclic) bond motifs is 2. The van der Waals surface area contributed by atoms with Gasteiger partial charge in [-0.05, 0) is 73.1 Å². The van der Waals surface area contributed by atoms with E-state index in [1.807, 2.05) is 34.9 Å². The Bertz CT molecular complexity index is 1130. The van der Waals surface area contributed by atoms with Crippen molar-refractivity contribution in [2.24, 2.45) is 11.8 Å². The summed E-state index contributed by atoms with van der Waals surface area (Å²) in [5.41, 5.74) is 2.20. The van der Waals surface area contributed by atoms with E-state index in [2.05, 4.69) is 5.32 Å². The minimum absolute atomic E-state index is 0.117. The van der Waals surface area contributed by atoms with Gasteiger partial charge in [-0.25, -0.2) is 4.98 Å². The summed E-state index contributed by atoms with van der Waals surface area (Å²) in [6, 6.07) is 13.2. The van der Waals surface area contributed by atoms with Gasteiger partial charge < -0.3 is 9.88 Å². The lowest BCUT2D eigenvalue weighted by Crippen LogP contribution is -2.38. The molecule has 3 aromatic rings. The summed E-state index contributed by atoms with van der Waals surface area (Å²) in [6.07, 6.45) is 7.11. The average molecular weight is 475 g/mol. The average Bonchev–Trinajstić information content (AvgIpc) is 3.46. The first-order chi connectivity index (χ1) is 15.0. The van der Waals surface area contributed by atoms with Crippen molar-refractivity contribution in [3.63, 3.8) is 0 Å². The van der Waals surface area contributed by atoms with Crippen LogP contribution in [0.5, 0.6) is 0 Å². The van der Waals surface area contributed by atoms with Crippen LogP contribution in [0.15, 0.2) is 48.7 Å². The zero-order chi connectivity index (χ0) is 21.5. The smallest absolute Gasteiger partial charge is 0.271 e. The molecule has 31 heavy (non-hydrogen) atoms. The molecule has 2 aromatic carbocycles. The van der Waals surface area contributed by atoms with Crippen LogP contribution in [0.3, 0.4) is 0 Å². The molecule has 2 saturated carbocycles. The molecule has 1 aromatic heterocycles. The largest absolute Gasteiger partial charge is 0.348 e. The van der Waals surface area contributed by atoms with E-state index < -0.39 is 0 Å². The van der Waals surface area contributed by atoms with E-state index in [0.29, 0.717) is 33.1 Å². The SMILES string of the molecule is O=C(NC1CC2CCC1C2)c1cn(-c2ccc(Cl)cc2)c(Cc2ccc(Cl)cc2Cl)n1. The fourth-order valence-electron chi connectivity index (χ4n) is 4.98. The number of rotatable bonds is 5. The van der Waals surface area contributed by atoms with E-state index in [-0.39, 0.29) is 11.9 Å². The van der Waals surface area contributed by atoms with Gasteiger partial charge in [0, 0.05) is 39.4 Å². The second kappa shape index (κ2) is 8.50. The molecule has 4 nitrogen and oxygen atoms in total. The zero-order valence-electron chi connectivity index (χ0n) is 16.8. The molecule has 5 rings (SSSR count). The van der Waals surface area contributed by atoms with Crippen LogP contribution < -0.4 is 5.32 Å². The number of nitrogens with zero attached hydrogens (tertiary/aromatic N) is 2. The molecular weight excluding hydrogens is 453 g/mol. The Hall–Kier alpha value is -2.01. The van der Waals surface area contributed by atoms with Crippen LogP contribution in [0.1, 0.15) is 47.6 Å². The van der Waals surface area contributed by atoms with Crippen molar-refractivity contribution in [3.8, 4) is 5.69 Å². The lowest BCUT2D eigenvalue weighted by atomic mass is 9.95. The van der Waals surface area contributed by atoms with E-state index in [9.17, 15) is 4.79 Å². The van der Waals surface area contributed by atoms with Crippen LogP contribution in [0.2, 0.25) is 15.1 Å². The van der Waals surface area contributed by atoms with Gasteiger partial charge in [0.1, 0.15) is 11.5 Å². The Labute approximate surface area is 196 Å². The van der Waals surface area contributed by atoms with Crippen molar-refractivity contribution in [3.05, 3.63) is 80.8 Å². The highest BCUT2D eigenvalue weighted by atomic mass is 35.5. The molecule has 160 valence electrons. The van der Waals surface area contributed by atoms with Crippen molar-refractivity contribution in [2.75, 3.05) is 0 Å². The van der Waals surface area contributed by atoms with E-state index in [0.717, 1.165) is 29.4 Å². The first kappa shape index (κ1) is 20.9. The summed E-state index contributed by atoms with van der Waals surface area (Å²) in [4.78, 5) is 17.7. The normalized spacial score (nSPS) is 22.1. The Morgan fingerprint density at radius 1 is 1.03 bits per heavy atom. The molecule has 1 N–H and O–H groups in total. The van der Waals surface area contributed by atoms with E-state index in [1.54, 1.807) is 18.3 Å². The first-order valence-corrected chi connectivity index (χ1v) is 11.7. The molecule has 2 aliphatic rings. The predicted octanol–water partition coefficient (Wildman–Crippen LogP) is 6.34. The van der Waals surface area contributed by atoms with Crippen LogP contribution in [0.25, 0.3) is 5.69 Å². The van der Waals surface area contributed by atoms with Gasteiger partial charge in [0.15, 0.2) is 0 Å². The molecule has 0 saturated heterocycles. The van der Waals surface area contributed by atoms with Gasteiger partial charge in [-0.15, -0.1) is 0 Å². The minimum atomic E-state index is -0.117. The van der Waals surface area contributed by atoms with Crippen molar-refractivity contribution < 1.29 is 4.79 Å². The molecule has 2 bridgehead atoms. The number of benzene rings is 2. The molecule has 0 radical (unpaired) electrons. The fraction of sp³-hybridized carbons (Fsp3) is 0.333. The molecule has 3 atom stereocenters. The molecular formula is C24H22Cl3N3O. The van der Waals surface area contributed by atoms with E-state index in [1.165, 1.54) is 19.3 Å². The standard InChI is InChI=1S/C24H22Cl3N3O/c25-17-5-7-19(8-6-17)30-13-22(24(31)29-21-10-14-1-2-16(21)9-14)28-23(30)11-15-3-4-18(26)12-20(15)27/h3-8,12-14,16,21H,1-2,9-11H2,(H,29,31). The molecule has 3 unspecified atom stereocenters. The van der Waals surface area contributed by atoms with E-state index >= 15 is 0 Å². The Balaban J connectivity index is 1.45. The Kier molecular flexibility index (Phi) is 5.72.